The molecule has 1 saturated carbocycles. The predicted molar refractivity (Wildman–Crippen MR) is 129 cm³/mol. The van der Waals surface area contributed by atoms with Crippen molar-refractivity contribution in [3.05, 3.63) is 54.4 Å². The maximum absolute atomic E-state index is 4.79. The fourth-order valence-electron chi connectivity index (χ4n) is 4.41. The van der Waals surface area contributed by atoms with Crippen LogP contribution in [0.2, 0.25) is 0 Å². The summed E-state index contributed by atoms with van der Waals surface area (Å²) in [6, 6.07) is 14.8. The number of para-hydroxylation sites is 1. The van der Waals surface area contributed by atoms with Crippen LogP contribution < -0.4 is 15.5 Å². The molecule has 6 nitrogen and oxygen atoms in total. The molecule has 6 heteroatoms. The topological polar surface area (TPSA) is 66.0 Å². The number of aromatic nitrogens is 3. The molecule has 0 atom stereocenters. The molecule has 0 aliphatic heterocycles. The van der Waals surface area contributed by atoms with E-state index in [2.05, 4.69) is 44.8 Å². The third-order valence-electron chi connectivity index (χ3n) is 6.13. The number of rotatable bonds is 9. The van der Waals surface area contributed by atoms with E-state index in [-0.39, 0.29) is 0 Å². The van der Waals surface area contributed by atoms with Gasteiger partial charge in [-0.1, -0.05) is 18.2 Å². The Hall–Kier alpha value is -2.73. The van der Waals surface area contributed by atoms with Gasteiger partial charge >= 0.3 is 0 Å². The van der Waals surface area contributed by atoms with Gasteiger partial charge in [-0.05, 0) is 81.8 Å². The maximum atomic E-state index is 4.79. The van der Waals surface area contributed by atoms with Gasteiger partial charge in [0.15, 0.2) is 0 Å². The quantitative estimate of drug-likeness (QED) is 0.506. The average molecular weight is 419 g/mol. The van der Waals surface area contributed by atoms with Crippen LogP contribution in [0.25, 0.3) is 10.9 Å². The average Bonchev–Trinajstić information content (AvgIpc) is 2.80. The van der Waals surface area contributed by atoms with E-state index >= 15 is 0 Å². The largest absolute Gasteiger partial charge is 0.362 e. The van der Waals surface area contributed by atoms with Crippen molar-refractivity contribution in [1.29, 1.82) is 0 Å². The summed E-state index contributed by atoms with van der Waals surface area (Å²) in [5.41, 5.74) is 2.18. The van der Waals surface area contributed by atoms with Crippen molar-refractivity contribution >= 4 is 22.7 Å². The highest BCUT2D eigenvalue weighted by Crippen LogP contribution is 2.28. The number of benzene rings is 1. The van der Waals surface area contributed by atoms with Gasteiger partial charge < -0.3 is 15.5 Å². The molecule has 0 bridgehead atoms. The number of hydrogen-bond donors (Lipinski definition) is 2. The normalized spacial score (nSPS) is 18.8. The summed E-state index contributed by atoms with van der Waals surface area (Å²) in [5.74, 6) is 2.48. The van der Waals surface area contributed by atoms with Gasteiger partial charge in [0.1, 0.15) is 5.82 Å². The molecule has 1 fully saturated rings. The lowest BCUT2D eigenvalue weighted by Gasteiger charge is -2.29. The van der Waals surface area contributed by atoms with E-state index in [1.165, 1.54) is 31.4 Å². The lowest BCUT2D eigenvalue weighted by atomic mass is 9.86. The number of nitrogens with zero attached hydrogens (tertiary/aromatic N) is 4. The Morgan fingerprint density at radius 1 is 0.968 bits per heavy atom. The van der Waals surface area contributed by atoms with Crippen LogP contribution in [0.1, 0.15) is 37.8 Å². The van der Waals surface area contributed by atoms with Crippen molar-refractivity contribution in [3.63, 3.8) is 0 Å². The Kier molecular flexibility index (Phi) is 7.30. The molecule has 2 heterocycles. The van der Waals surface area contributed by atoms with Gasteiger partial charge in [-0.3, -0.25) is 4.98 Å². The minimum absolute atomic E-state index is 0.455. The highest BCUT2D eigenvalue weighted by molar-refractivity contribution is 5.90. The van der Waals surface area contributed by atoms with Gasteiger partial charge in [-0.25, -0.2) is 4.98 Å². The minimum atomic E-state index is 0.455. The molecule has 0 unspecified atom stereocenters. The SMILES string of the molecule is CN(C)c1nc(N[C@H]2CC[C@@H](CNCCCc3ccccn3)CC2)nc2ccccc12. The summed E-state index contributed by atoms with van der Waals surface area (Å²) in [6.07, 6.45) is 8.91. The zero-order valence-corrected chi connectivity index (χ0v) is 18.7. The Morgan fingerprint density at radius 2 is 1.77 bits per heavy atom. The second-order valence-electron chi connectivity index (χ2n) is 8.77. The van der Waals surface area contributed by atoms with E-state index in [0.29, 0.717) is 6.04 Å². The van der Waals surface area contributed by atoms with Crippen LogP contribution >= 0.6 is 0 Å². The Bertz CT molecular complexity index is 951. The Labute approximate surface area is 185 Å². The standard InChI is InChI=1S/C25H34N6/c1-31(2)24-22-10-3-4-11-23(22)29-25(30-24)28-21-14-12-19(13-15-21)18-26-16-7-9-20-8-5-6-17-27-20/h3-6,8,10-11,17,19,21,26H,7,9,12-16,18H2,1-2H3,(H,28,29,30)/t19-,21+. The van der Waals surface area contributed by atoms with Crippen LogP contribution in [0.5, 0.6) is 0 Å². The van der Waals surface area contributed by atoms with E-state index in [4.69, 9.17) is 9.97 Å². The van der Waals surface area contributed by atoms with E-state index in [1.807, 2.05) is 38.5 Å². The number of fused-ring (bicyclic) bond motifs is 1. The van der Waals surface area contributed by atoms with Gasteiger partial charge in [-0.2, -0.15) is 4.98 Å². The second-order valence-corrected chi connectivity index (χ2v) is 8.77. The summed E-state index contributed by atoms with van der Waals surface area (Å²) in [4.78, 5) is 16.0. The third kappa shape index (κ3) is 5.91. The van der Waals surface area contributed by atoms with Crippen LogP contribution in [0.3, 0.4) is 0 Å². The van der Waals surface area contributed by atoms with Crippen molar-refractivity contribution in [2.24, 2.45) is 5.92 Å². The fourth-order valence-corrected chi connectivity index (χ4v) is 4.41. The van der Waals surface area contributed by atoms with Crippen molar-refractivity contribution in [2.75, 3.05) is 37.4 Å². The first kappa shape index (κ1) is 21.5. The zero-order valence-electron chi connectivity index (χ0n) is 18.7. The minimum Gasteiger partial charge on any atom is -0.362 e. The van der Waals surface area contributed by atoms with Crippen LogP contribution in [-0.2, 0) is 6.42 Å². The molecule has 164 valence electrons. The number of nitrogens with one attached hydrogen (secondary N) is 2. The molecular weight excluding hydrogens is 384 g/mol. The van der Waals surface area contributed by atoms with Crippen LogP contribution in [0, 0.1) is 5.92 Å². The lowest BCUT2D eigenvalue weighted by molar-refractivity contribution is 0.324. The van der Waals surface area contributed by atoms with Crippen LogP contribution in [-0.4, -0.2) is 48.2 Å². The third-order valence-corrected chi connectivity index (χ3v) is 6.13. The molecule has 1 aliphatic carbocycles. The summed E-state index contributed by atoms with van der Waals surface area (Å²) in [7, 11) is 4.07. The first-order valence-electron chi connectivity index (χ1n) is 11.5. The summed E-state index contributed by atoms with van der Waals surface area (Å²) < 4.78 is 0. The van der Waals surface area contributed by atoms with Crippen molar-refractivity contribution in [2.45, 2.75) is 44.6 Å². The molecule has 0 radical (unpaired) electrons. The van der Waals surface area contributed by atoms with Gasteiger partial charge in [0, 0.05) is 37.4 Å². The Morgan fingerprint density at radius 3 is 2.55 bits per heavy atom. The summed E-state index contributed by atoms with van der Waals surface area (Å²) in [5, 5.41) is 8.35. The Balaban J connectivity index is 1.21. The van der Waals surface area contributed by atoms with E-state index in [1.54, 1.807) is 0 Å². The van der Waals surface area contributed by atoms with Gasteiger partial charge in [0.2, 0.25) is 5.95 Å². The first-order chi connectivity index (χ1) is 15.2. The summed E-state index contributed by atoms with van der Waals surface area (Å²) in [6.45, 7) is 2.18. The monoisotopic (exact) mass is 418 g/mol. The van der Waals surface area contributed by atoms with Crippen LogP contribution in [0.4, 0.5) is 11.8 Å². The molecule has 31 heavy (non-hydrogen) atoms. The van der Waals surface area contributed by atoms with Gasteiger partial charge in [0.05, 0.1) is 5.52 Å². The maximum Gasteiger partial charge on any atom is 0.225 e. The molecule has 2 N–H and O–H groups in total. The summed E-state index contributed by atoms with van der Waals surface area (Å²) >= 11 is 0. The van der Waals surface area contributed by atoms with Gasteiger partial charge in [0.25, 0.3) is 0 Å². The van der Waals surface area contributed by atoms with E-state index < -0.39 is 0 Å². The molecular formula is C25H34N6. The molecule has 3 aromatic rings. The molecule has 0 saturated heterocycles. The number of hydrogen-bond acceptors (Lipinski definition) is 6. The van der Waals surface area contributed by atoms with E-state index in [9.17, 15) is 0 Å². The smallest absolute Gasteiger partial charge is 0.225 e. The molecule has 4 rings (SSSR count). The molecule has 0 amide bonds. The number of aryl methyl sites for hydroxylation is 1. The van der Waals surface area contributed by atoms with Crippen LogP contribution in [0.15, 0.2) is 48.7 Å². The lowest BCUT2D eigenvalue weighted by Crippen LogP contribution is -2.32. The van der Waals surface area contributed by atoms with Gasteiger partial charge in [-0.15, -0.1) is 0 Å². The van der Waals surface area contributed by atoms with Crippen molar-refractivity contribution in [3.8, 4) is 0 Å². The number of anilines is 2. The zero-order chi connectivity index (χ0) is 21.5. The fraction of sp³-hybridized carbons (Fsp3) is 0.480. The van der Waals surface area contributed by atoms with E-state index in [0.717, 1.165) is 54.5 Å². The predicted octanol–water partition coefficient (Wildman–Crippen LogP) is 4.28. The molecule has 1 aliphatic rings. The van der Waals surface area contributed by atoms with Crippen molar-refractivity contribution in [1.82, 2.24) is 20.3 Å². The first-order valence-corrected chi connectivity index (χ1v) is 11.5. The highest BCUT2D eigenvalue weighted by atomic mass is 15.2. The molecule has 1 aromatic carbocycles. The molecule has 2 aromatic heterocycles. The number of pyridine rings is 1. The highest BCUT2D eigenvalue weighted by Gasteiger charge is 2.22. The second kappa shape index (κ2) is 10.5. The molecule has 0 spiro atoms. The van der Waals surface area contributed by atoms with Crippen molar-refractivity contribution < 1.29 is 0 Å².